The summed E-state index contributed by atoms with van der Waals surface area (Å²) in [5.41, 5.74) is 3.41. The molecular formula is C17H24N2O. The molecule has 3 heteroatoms. The summed E-state index contributed by atoms with van der Waals surface area (Å²) < 4.78 is 0. The molecule has 1 amide bonds. The fraction of sp³-hybridized carbons (Fsp3) is 0.471. The number of carbonyl (C=O) groups is 1. The molecule has 0 radical (unpaired) electrons. The number of amides is 1. The van der Waals surface area contributed by atoms with E-state index in [-0.39, 0.29) is 18.0 Å². The molecule has 1 heterocycles. The largest absolute Gasteiger partial charge is 0.361 e. The van der Waals surface area contributed by atoms with Gasteiger partial charge in [-0.15, -0.1) is 0 Å². The quantitative estimate of drug-likeness (QED) is 0.906. The maximum Gasteiger partial charge on any atom is 0.227 e. The Bertz CT molecular complexity index is 602. The molecule has 0 aliphatic heterocycles. The van der Waals surface area contributed by atoms with Gasteiger partial charge in [0.2, 0.25) is 5.91 Å². The molecule has 1 aromatic heterocycles. The minimum absolute atomic E-state index is 0.191. The molecule has 0 spiro atoms. The molecule has 0 unspecified atom stereocenters. The van der Waals surface area contributed by atoms with Gasteiger partial charge in [-0.2, -0.15) is 0 Å². The van der Waals surface area contributed by atoms with Crippen molar-refractivity contribution in [2.45, 2.75) is 53.1 Å². The molecule has 3 nitrogen and oxygen atoms in total. The van der Waals surface area contributed by atoms with Gasteiger partial charge in [-0.3, -0.25) is 4.79 Å². The van der Waals surface area contributed by atoms with Gasteiger partial charge in [0.05, 0.1) is 6.42 Å². The van der Waals surface area contributed by atoms with Crippen LogP contribution in [0.1, 0.15) is 38.8 Å². The fourth-order valence-corrected chi connectivity index (χ4v) is 2.87. The van der Waals surface area contributed by atoms with Gasteiger partial charge in [-0.1, -0.05) is 12.1 Å². The number of nitrogens with zero attached hydrogens (tertiary/aromatic N) is 1. The maximum atomic E-state index is 12.5. The first-order chi connectivity index (χ1) is 9.40. The molecule has 0 saturated heterocycles. The van der Waals surface area contributed by atoms with E-state index in [0.29, 0.717) is 6.42 Å². The van der Waals surface area contributed by atoms with Crippen molar-refractivity contribution in [1.82, 2.24) is 9.88 Å². The van der Waals surface area contributed by atoms with Crippen LogP contribution in [0.2, 0.25) is 0 Å². The summed E-state index contributed by atoms with van der Waals surface area (Å²) in [4.78, 5) is 17.7. The lowest BCUT2D eigenvalue weighted by Gasteiger charge is -2.30. The van der Waals surface area contributed by atoms with E-state index in [1.807, 2.05) is 11.1 Å². The third-order valence-electron chi connectivity index (χ3n) is 3.67. The normalized spacial score (nSPS) is 11.6. The van der Waals surface area contributed by atoms with Crippen LogP contribution in [0.3, 0.4) is 0 Å². The zero-order valence-corrected chi connectivity index (χ0v) is 13.0. The predicted molar refractivity (Wildman–Crippen MR) is 83.9 cm³/mol. The van der Waals surface area contributed by atoms with Crippen LogP contribution in [0.5, 0.6) is 0 Å². The van der Waals surface area contributed by atoms with Gasteiger partial charge in [-0.25, -0.2) is 0 Å². The third-order valence-corrected chi connectivity index (χ3v) is 3.67. The van der Waals surface area contributed by atoms with Crippen LogP contribution in [-0.4, -0.2) is 27.9 Å². The van der Waals surface area contributed by atoms with Gasteiger partial charge in [0.25, 0.3) is 0 Å². The van der Waals surface area contributed by atoms with Crippen LogP contribution in [0.25, 0.3) is 10.9 Å². The minimum atomic E-state index is 0.191. The first-order valence-electron chi connectivity index (χ1n) is 7.28. The van der Waals surface area contributed by atoms with Gasteiger partial charge in [-0.05, 0) is 51.8 Å². The molecule has 0 aliphatic carbocycles. The van der Waals surface area contributed by atoms with E-state index in [4.69, 9.17) is 0 Å². The molecule has 2 rings (SSSR count). The van der Waals surface area contributed by atoms with Crippen LogP contribution < -0.4 is 0 Å². The van der Waals surface area contributed by atoms with Crippen LogP contribution in [0.4, 0.5) is 0 Å². The number of H-pyrrole nitrogens is 1. The van der Waals surface area contributed by atoms with Crippen molar-refractivity contribution in [3.63, 3.8) is 0 Å². The predicted octanol–water partition coefficient (Wildman–Crippen LogP) is 3.66. The SMILES string of the molecule is Cc1ccc2c(CC(=O)N(C(C)C)C(C)C)c[nH]c2c1. The molecule has 108 valence electrons. The first kappa shape index (κ1) is 14.6. The summed E-state index contributed by atoms with van der Waals surface area (Å²) in [6.45, 7) is 10.3. The third kappa shape index (κ3) is 2.87. The van der Waals surface area contributed by atoms with Crippen molar-refractivity contribution < 1.29 is 4.79 Å². The summed E-state index contributed by atoms with van der Waals surface area (Å²) in [6, 6.07) is 6.77. The number of nitrogens with one attached hydrogen (secondary N) is 1. The standard InChI is InChI=1S/C17H24N2O/c1-11(2)19(12(3)4)17(20)9-14-10-18-16-8-13(5)6-7-15(14)16/h6-8,10-12,18H,9H2,1-5H3. The molecule has 0 bridgehead atoms. The van der Waals surface area contributed by atoms with E-state index in [0.717, 1.165) is 16.5 Å². The molecule has 0 fully saturated rings. The number of rotatable bonds is 4. The highest BCUT2D eigenvalue weighted by Crippen LogP contribution is 2.21. The summed E-state index contributed by atoms with van der Waals surface area (Å²) in [6.07, 6.45) is 2.42. The van der Waals surface area contributed by atoms with E-state index in [2.05, 4.69) is 57.8 Å². The Labute approximate surface area is 121 Å². The van der Waals surface area contributed by atoms with Crippen LogP contribution in [0, 0.1) is 6.92 Å². The fourth-order valence-electron chi connectivity index (χ4n) is 2.87. The van der Waals surface area contributed by atoms with Crippen molar-refractivity contribution in [2.75, 3.05) is 0 Å². The summed E-state index contributed by atoms with van der Waals surface area (Å²) in [5, 5.41) is 1.15. The van der Waals surface area contributed by atoms with E-state index in [9.17, 15) is 4.79 Å². The van der Waals surface area contributed by atoms with Crippen molar-refractivity contribution in [1.29, 1.82) is 0 Å². The number of aryl methyl sites for hydroxylation is 1. The van der Waals surface area contributed by atoms with Gasteiger partial charge in [0, 0.05) is 29.2 Å². The Balaban J connectivity index is 2.25. The van der Waals surface area contributed by atoms with Crippen molar-refractivity contribution >= 4 is 16.8 Å². The Morgan fingerprint density at radius 1 is 1.20 bits per heavy atom. The highest BCUT2D eigenvalue weighted by atomic mass is 16.2. The van der Waals surface area contributed by atoms with Crippen molar-refractivity contribution in [2.24, 2.45) is 0 Å². The lowest BCUT2D eigenvalue weighted by atomic mass is 10.1. The van der Waals surface area contributed by atoms with Gasteiger partial charge >= 0.3 is 0 Å². The maximum absolute atomic E-state index is 12.5. The molecule has 1 aromatic carbocycles. The number of hydrogen-bond acceptors (Lipinski definition) is 1. The number of aromatic amines is 1. The van der Waals surface area contributed by atoms with Crippen LogP contribution in [0.15, 0.2) is 24.4 Å². The molecule has 20 heavy (non-hydrogen) atoms. The highest BCUT2D eigenvalue weighted by Gasteiger charge is 2.21. The lowest BCUT2D eigenvalue weighted by molar-refractivity contribution is -0.134. The number of benzene rings is 1. The van der Waals surface area contributed by atoms with Gasteiger partial charge in [0.15, 0.2) is 0 Å². The molecule has 0 atom stereocenters. The number of fused-ring (bicyclic) bond motifs is 1. The average Bonchev–Trinajstić information content (AvgIpc) is 2.70. The summed E-state index contributed by atoms with van der Waals surface area (Å²) >= 11 is 0. The smallest absolute Gasteiger partial charge is 0.227 e. The number of aromatic nitrogens is 1. The zero-order chi connectivity index (χ0) is 14.9. The van der Waals surface area contributed by atoms with E-state index in [1.165, 1.54) is 5.56 Å². The molecule has 2 aromatic rings. The number of carbonyl (C=O) groups excluding carboxylic acids is 1. The summed E-state index contributed by atoms with van der Waals surface area (Å²) in [5.74, 6) is 0.191. The van der Waals surface area contributed by atoms with Crippen molar-refractivity contribution in [3.8, 4) is 0 Å². The number of hydrogen-bond donors (Lipinski definition) is 1. The molecule has 0 saturated carbocycles. The van der Waals surface area contributed by atoms with Gasteiger partial charge in [0.1, 0.15) is 0 Å². The molecular weight excluding hydrogens is 248 g/mol. The second kappa shape index (κ2) is 5.70. The van der Waals surface area contributed by atoms with E-state index in [1.54, 1.807) is 0 Å². The second-order valence-corrected chi connectivity index (χ2v) is 6.03. The second-order valence-electron chi connectivity index (χ2n) is 6.03. The molecule has 0 aliphatic rings. The Morgan fingerprint density at radius 2 is 1.85 bits per heavy atom. The molecule has 1 N–H and O–H groups in total. The Kier molecular flexibility index (Phi) is 4.17. The van der Waals surface area contributed by atoms with E-state index < -0.39 is 0 Å². The highest BCUT2D eigenvalue weighted by molar-refractivity contribution is 5.89. The van der Waals surface area contributed by atoms with Crippen LogP contribution in [-0.2, 0) is 11.2 Å². The van der Waals surface area contributed by atoms with Crippen LogP contribution >= 0.6 is 0 Å². The topological polar surface area (TPSA) is 36.1 Å². The van der Waals surface area contributed by atoms with Gasteiger partial charge < -0.3 is 9.88 Å². The Hall–Kier alpha value is -1.77. The first-order valence-corrected chi connectivity index (χ1v) is 7.28. The minimum Gasteiger partial charge on any atom is -0.361 e. The monoisotopic (exact) mass is 272 g/mol. The summed E-state index contributed by atoms with van der Waals surface area (Å²) in [7, 11) is 0. The zero-order valence-electron chi connectivity index (χ0n) is 13.0. The lowest BCUT2D eigenvalue weighted by Crippen LogP contribution is -2.42. The van der Waals surface area contributed by atoms with E-state index >= 15 is 0 Å². The van der Waals surface area contributed by atoms with Crippen molar-refractivity contribution in [3.05, 3.63) is 35.5 Å². The Morgan fingerprint density at radius 3 is 2.45 bits per heavy atom. The average molecular weight is 272 g/mol.